The lowest BCUT2D eigenvalue weighted by atomic mass is 9.79. The molecular formula is C19H26FN5. The molecule has 25 heavy (non-hydrogen) atoms. The second kappa shape index (κ2) is 7.23. The van der Waals surface area contributed by atoms with Gasteiger partial charge in [0.05, 0.1) is 12.2 Å². The van der Waals surface area contributed by atoms with Crippen molar-refractivity contribution >= 4 is 0 Å². The Morgan fingerprint density at radius 3 is 2.88 bits per heavy atom. The Hall–Kier alpha value is -1.76. The van der Waals surface area contributed by atoms with Gasteiger partial charge in [0.15, 0.2) is 0 Å². The van der Waals surface area contributed by atoms with Crippen LogP contribution in [0.5, 0.6) is 0 Å². The van der Waals surface area contributed by atoms with E-state index in [1.165, 1.54) is 31.4 Å². The zero-order chi connectivity index (χ0) is 17.2. The first-order valence-corrected chi connectivity index (χ1v) is 9.15. The third kappa shape index (κ3) is 3.76. The summed E-state index contributed by atoms with van der Waals surface area (Å²) in [5.74, 6) is 1.24. The van der Waals surface area contributed by atoms with E-state index in [1.807, 2.05) is 36.3 Å². The number of nitrogens with one attached hydrogen (secondary N) is 3. The number of fused-ring (bicyclic) bond motifs is 1. The summed E-state index contributed by atoms with van der Waals surface area (Å²) in [6, 6.07) is 7.42. The lowest BCUT2D eigenvalue weighted by Gasteiger charge is -2.32. The van der Waals surface area contributed by atoms with Gasteiger partial charge in [-0.1, -0.05) is 12.1 Å². The maximum atomic E-state index is 13.3. The minimum absolute atomic E-state index is 0.0432. The fourth-order valence-corrected chi connectivity index (χ4v) is 4.21. The molecule has 2 heterocycles. The van der Waals surface area contributed by atoms with Crippen LogP contribution in [-0.4, -0.2) is 28.9 Å². The monoisotopic (exact) mass is 343 g/mol. The van der Waals surface area contributed by atoms with E-state index in [9.17, 15) is 4.39 Å². The molecule has 4 atom stereocenters. The summed E-state index contributed by atoms with van der Waals surface area (Å²) < 4.78 is 15.1. The van der Waals surface area contributed by atoms with Gasteiger partial charge in [0, 0.05) is 31.4 Å². The van der Waals surface area contributed by atoms with Crippen LogP contribution in [0.2, 0.25) is 0 Å². The predicted molar refractivity (Wildman–Crippen MR) is 95.2 cm³/mol. The molecule has 5 nitrogen and oxygen atoms in total. The number of benzene rings is 1. The molecule has 6 heteroatoms. The largest absolute Gasteiger partial charge is 0.306 e. The standard InChI is InChI=1S/C19H26FN5/c1-25-12-16(11-23-25)19(14-4-6-17(20)7-5-14)21-9-13-2-3-15-10-22-24-18(15)8-13/h4-7,11-13,15,18-19,21-22,24H,2-3,8-10H2,1H3. The predicted octanol–water partition coefficient (Wildman–Crippen LogP) is 2.13. The SMILES string of the molecule is Cn1cc(C(NCC2CCC3CNNC3C2)c2ccc(F)cc2)cn1. The molecule has 0 spiro atoms. The Morgan fingerprint density at radius 1 is 1.28 bits per heavy atom. The van der Waals surface area contributed by atoms with Crippen molar-refractivity contribution < 1.29 is 4.39 Å². The summed E-state index contributed by atoms with van der Waals surface area (Å²) >= 11 is 0. The highest BCUT2D eigenvalue weighted by atomic mass is 19.1. The Labute approximate surface area is 148 Å². The van der Waals surface area contributed by atoms with Crippen LogP contribution < -0.4 is 16.2 Å². The molecule has 1 aromatic heterocycles. The minimum atomic E-state index is -0.202. The first kappa shape index (κ1) is 16.7. The second-order valence-corrected chi connectivity index (χ2v) is 7.41. The Kier molecular flexibility index (Phi) is 4.83. The number of rotatable bonds is 5. The molecule has 1 aliphatic heterocycles. The summed E-state index contributed by atoms with van der Waals surface area (Å²) in [4.78, 5) is 0. The summed E-state index contributed by atoms with van der Waals surface area (Å²) in [7, 11) is 1.92. The molecule has 134 valence electrons. The van der Waals surface area contributed by atoms with E-state index in [4.69, 9.17) is 0 Å². The third-order valence-corrected chi connectivity index (χ3v) is 5.63. The van der Waals surface area contributed by atoms with Crippen molar-refractivity contribution in [1.82, 2.24) is 25.9 Å². The smallest absolute Gasteiger partial charge is 0.123 e. The number of hydrazine groups is 1. The quantitative estimate of drug-likeness (QED) is 0.779. The van der Waals surface area contributed by atoms with Crippen molar-refractivity contribution in [2.45, 2.75) is 31.3 Å². The van der Waals surface area contributed by atoms with Crippen molar-refractivity contribution in [3.05, 3.63) is 53.6 Å². The topological polar surface area (TPSA) is 53.9 Å². The van der Waals surface area contributed by atoms with Gasteiger partial charge >= 0.3 is 0 Å². The van der Waals surface area contributed by atoms with Gasteiger partial charge in [-0.3, -0.25) is 15.5 Å². The summed E-state index contributed by atoms with van der Waals surface area (Å²) in [5, 5.41) is 8.01. The van der Waals surface area contributed by atoms with E-state index in [2.05, 4.69) is 21.3 Å². The van der Waals surface area contributed by atoms with Crippen molar-refractivity contribution in [2.24, 2.45) is 18.9 Å². The van der Waals surface area contributed by atoms with Gasteiger partial charge in [0.25, 0.3) is 0 Å². The van der Waals surface area contributed by atoms with E-state index in [0.29, 0.717) is 12.0 Å². The molecule has 2 fully saturated rings. The van der Waals surface area contributed by atoms with Crippen LogP contribution in [0, 0.1) is 17.7 Å². The second-order valence-electron chi connectivity index (χ2n) is 7.41. The highest BCUT2D eigenvalue weighted by Gasteiger charge is 2.33. The highest BCUT2D eigenvalue weighted by molar-refractivity contribution is 5.29. The Morgan fingerprint density at radius 2 is 2.12 bits per heavy atom. The van der Waals surface area contributed by atoms with Gasteiger partial charge in [0.2, 0.25) is 0 Å². The molecule has 0 amide bonds. The molecule has 4 unspecified atom stereocenters. The normalized spacial score (nSPS) is 27.2. The molecule has 1 aliphatic carbocycles. The molecule has 1 saturated heterocycles. The van der Waals surface area contributed by atoms with Crippen LogP contribution in [0.4, 0.5) is 4.39 Å². The number of halogens is 1. The molecule has 4 rings (SSSR count). The number of hydrogen-bond acceptors (Lipinski definition) is 4. The van der Waals surface area contributed by atoms with Crippen LogP contribution in [0.1, 0.15) is 36.4 Å². The summed E-state index contributed by atoms with van der Waals surface area (Å²) in [5.41, 5.74) is 8.90. The van der Waals surface area contributed by atoms with E-state index >= 15 is 0 Å². The van der Waals surface area contributed by atoms with Gasteiger partial charge in [-0.15, -0.1) is 0 Å². The van der Waals surface area contributed by atoms with Crippen molar-refractivity contribution in [2.75, 3.05) is 13.1 Å². The lowest BCUT2D eigenvalue weighted by Crippen LogP contribution is -2.39. The molecular weight excluding hydrogens is 317 g/mol. The summed E-state index contributed by atoms with van der Waals surface area (Å²) in [6.45, 7) is 2.06. The van der Waals surface area contributed by atoms with E-state index < -0.39 is 0 Å². The molecule has 0 bridgehead atoms. The van der Waals surface area contributed by atoms with Crippen LogP contribution in [-0.2, 0) is 7.05 Å². The average Bonchev–Trinajstić information content (AvgIpc) is 3.25. The zero-order valence-electron chi connectivity index (χ0n) is 14.6. The van der Waals surface area contributed by atoms with E-state index in [1.54, 1.807) is 0 Å². The maximum Gasteiger partial charge on any atom is 0.123 e. The van der Waals surface area contributed by atoms with Crippen LogP contribution >= 0.6 is 0 Å². The van der Waals surface area contributed by atoms with Gasteiger partial charge in [0.1, 0.15) is 5.82 Å². The van der Waals surface area contributed by atoms with Crippen molar-refractivity contribution in [3.8, 4) is 0 Å². The maximum absolute atomic E-state index is 13.3. The highest BCUT2D eigenvalue weighted by Crippen LogP contribution is 2.31. The van der Waals surface area contributed by atoms with E-state index in [0.717, 1.165) is 30.1 Å². The van der Waals surface area contributed by atoms with Gasteiger partial charge in [-0.25, -0.2) is 4.39 Å². The van der Waals surface area contributed by atoms with Gasteiger partial charge < -0.3 is 5.32 Å². The number of aryl methyl sites for hydroxylation is 1. The molecule has 2 aromatic rings. The molecule has 1 aromatic carbocycles. The van der Waals surface area contributed by atoms with Crippen molar-refractivity contribution in [1.29, 1.82) is 0 Å². The summed E-state index contributed by atoms with van der Waals surface area (Å²) in [6.07, 6.45) is 7.67. The Bertz CT molecular complexity index is 698. The van der Waals surface area contributed by atoms with Gasteiger partial charge in [-0.2, -0.15) is 5.10 Å². The molecule has 0 radical (unpaired) electrons. The van der Waals surface area contributed by atoms with Crippen LogP contribution in [0.15, 0.2) is 36.7 Å². The zero-order valence-corrected chi connectivity index (χ0v) is 14.6. The fraction of sp³-hybridized carbons (Fsp3) is 0.526. The number of nitrogens with zero attached hydrogens (tertiary/aromatic N) is 2. The Balaban J connectivity index is 1.46. The minimum Gasteiger partial charge on any atom is -0.306 e. The molecule has 1 saturated carbocycles. The van der Waals surface area contributed by atoms with Crippen LogP contribution in [0.25, 0.3) is 0 Å². The molecule has 3 N–H and O–H groups in total. The lowest BCUT2D eigenvalue weighted by molar-refractivity contribution is 0.245. The first-order valence-electron chi connectivity index (χ1n) is 9.15. The number of aromatic nitrogens is 2. The molecule has 2 aliphatic rings. The number of hydrogen-bond donors (Lipinski definition) is 3. The average molecular weight is 343 g/mol. The van der Waals surface area contributed by atoms with E-state index in [-0.39, 0.29) is 11.9 Å². The fourth-order valence-electron chi connectivity index (χ4n) is 4.21. The van der Waals surface area contributed by atoms with Crippen LogP contribution in [0.3, 0.4) is 0 Å². The first-order chi connectivity index (χ1) is 12.2. The third-order valence-electron chi connectivity index (χ3n) is 5.63. The van der Waals surface area contributed by atoms with Gasteiger partial charge in [-0.05, 0) is 55.3 Å². The van der Waals surface area contributed by atoms with Crippen molar-refractivity contribution in [3.63, 3.8) is 0 Å².